The zero-order valence-electron chi connectivity index (χ0n) is 10.5. The van der Waals surface area contributed by atoms with E-state index < -0.39 is 0 Å². The Kier molecular flexibility index (Phi) is 3.28. The van der Waals surface area contributed by atoms with Crippen LogP contribution in [0.3, 0.4) is 0 Å². The molecule has 0 aliphatic carbocycles. The van der Waals surface area contributed by atoms with Gasteiger partial charge in [-0.2, -0.15) is 0 Å². The summed E-state index contributed by atoms with van der Waals surface area (Å²) in [6.45, 7) is 6.75. The zero-order valence-corrected chi connectivity index (χ0v) is 10.5. The summed E-state index contributed by atoms with van der Waals surface area (Å²) in [5.41, 5.74) is 4.45. The number of unbranched alkanes of at least 4 members (excludes halogenated alkanes) is 1. The van der Waals surface area contributed by atoms with Crippen LogP contribution >= 0.6 is 0 Å². The van der Waals surface area contributed by atoms with Crippen LogP contribution in [0, 0.1) is 13.8 Å². The Morgan fingerprint density at radius 2 is 1.75 bits per heavy atom. The maximum atomic E-state index is 2.37. The van der Waals surface area contributed by atoms with Gasteiger partial charge in [0, 0.05) is 0 Å². The minimum Gasteiger partial charge on any atom is -0.0654 e. The highest BCUT2D eigenvalue weighted by Gasteiger charge is 2.05. The molecule has 0 N–H and O–H groups in total. The van der Waals surface area contributed by atoms with E-state index in [1.54, 1.807) is 0 Å². The van der Waals surface area contributed by atoms with Crippen LogP contribution < -0.4 is 0 Å². The third kappa shape index (κ3) is 1.97. The van der Waals surface area contributed by atoms with Gasteiger partial charge in [-0.15, -0.1) is 0 Å². The minimum atomic E-state index is 1.22. The molecule has 2 aromatic carbocycles. The number of hydrogen-bond acceptors (Lipinski definition) is 0. The Bertz CT molecular complexity index is 495. The lowest BCUT2D eigenvalue weighted by Crippen LogP contribution is -1.94. The molecule has 0 amide bonds. The average molecular weight is 212 g/mol. The van der Waals surface area contributed by atoms with Crippen molar-refractivity contribution in [1.29, 1.82) is 0 Å². The molecule has 16 heavy (non-hydrogen) atoms. The second-order valence-corrected chi connectivity index (χ2v) is 4.61. The molecule has 0 aliphatic heterocycles. The Hall–Kier alpha value is -1.30. The second-order valence-electron chi connectivity index (χ2n) is 4.61. The first-order chi connectivity index (χ1) is 7.74. The number of aryl methyl sites for hydroxylation is 2. The van der Waals surface area contributed by atoms with Gasteiger partial charge >= 0.3 is 0 Å². The van der Waals surface area contributed by atoms with E-state index >= 15 is 0 Å². The van der Waals surface area contributed by atoms with Gasteiger partial charge in [0.1, 0.15) is 0 Å². The smallest absolute Gasteiger partial charge is 0.0152 e. The Balaban J connectivity index is 2.55. The third-order valence-electron chi connectivity index (χ3n) is 3.54. The summed E-state index contributed by atoms with van der Waals surface area (Å²) in [4.78, 5) is 0. The van der Waals surface area contributed by atoms with Crippen molar-refractivity contribution in [2.75, 3.05) is 0 Å². The maximum absolute atomic E-state index is 2.37. The van der Waals surface area contributed by atoms with Crippen molar-refractivity contribution in [1.82, 2.24) is 0 Å². The van der Waals surface area contributed by atoms with Crippen molar-refractivity contribution in [2.45, 2.75) is 40.0 Å². The zero-order chi connectivity index (χ0) is 11.5. The van der Waals surface area contributed by atoms with Crippen molar-refractivity contribution in [3.63, 3.8) is 0 Å². The highest BCUT2D eigenvalue weighted by Crippen LogP contribution is 2.25. The summed E-state index contributed by atoms with van der Waals surface area (Å²) in [6, 6.07) is 11.1. The van der Waals surface area contributed by atoms with E-state index in [2.05, 4.69) is 51.1 Å². The summed E-state index contributed by atoms with van der Waals surface area (Å²) >= 11 is 0. The van der Waals surface area contributed by atoms with Crippen LogP contribution in [0.5, 0.6) is 0 Å². The van der Waals surface area contributed by atoms with Gasteiger partial charge in [-0.25, -0.2) is 0 Å². The standard InChI is InChI=1S/C16H20/c1-4-5-8-14-11-15-9-6-7-10-16(15)13(3)12(14)2/h6-7,9-11H,4-5,8H2,1-3H3. The van der Waals surface area contributed by atoms with Gasteiger partial charge < -0.3 is 0 Å². The largest absolute Gasteiger partial charge is 0.0654 e. The molecule has 0 heteroatoms. The first-order valence-electron chi connectivity index (χ1n) is 6.22. The summed E-state index contributed by atoms with van der Waals surface area (Å²) in [7, 11) is 0. The lowest BCUT2D eigenvalue weighted by molar-refractivity contribution is 0.791. The molecule has 0 atom stereocenters. The minimum absolute atomic E-state index is 1.22. The first-order valence-corrected chi connectivity index (χ1v) is 6.22. The molecular weight excluding hydrogens is 192 g/mol. The van der Waals surface area contributed by atoms with Crippen molar-refractivity contribution in [2.24, 2.45) is 0 Å². The molecule has 0 radical (unpaired) electrons. The van der Waals surface area contributed by atoms with Gasteiger partial charge in [0.15, 0.2) is 0 Å². The van der Waals surface area contributed by atoms with Crippen molar-refractivity contribution in [3.05, 3.63) is 47.0 Å². The summed E-state index contributed by atoms with van der Waals surface area (Å²) in [5, 5.41) is 2.79. The fourth-order valence-corrected chi connectivity index (χ4v) is 2.33. The van der Waals surface area contributed by atoms with Gasteiger partial charge in [0.05, 0.1) is 0 Å². The van der Waals surface area contributed by atoms with E-state index in [1.165, 1.54) is 46.7 Å². The third-order valence-corrected chi connectivity index (χ3v) is 3.54. The van der Waals surface area contributed by atoms with Crippen LogP contribution in [0.15, 0.2) is 30.3 Å². The van der Waals surface area contributed by atoms with E-state index in [-0.39, 0.29) is 0 Å². The molecule has 0 saturated heterocycles. The molecule has 0 unspecified atom stereocenters. The van der Waals surface area contributed by atoms with Crippen LogP contribution in [0.1, 0.15) is 36.5 Å². The lowest BCUT2D eigenvalue weighted by Gasteiger charge is -2.12. The molecule has 0 bridgehead atoms. The van der Waals surface area contributed by atoms with Gasteiger partial charge in [0.25, 0.3) is 0 Å². The quantitative estimate of drug-likeness (QED) is 0.685. The summed E-state index contributed by atoms with van der Waals surface area (Å²) < 4.78 is 0. The predicted molar refractivity (Wildman–Crippen MR) is 72.0 cm³/mol. The van der Waals surface area contributed by atoms with Crippen LogP contribution in [0.2, 0.25) is 0 Å². The van der Waals surface area contributed by atoms with Crippen LogP contribution in [0.25, 0.3) is 10.8 Å². The normalized spacial score (nSPS) is 10.9. The molecule has 0 spiro atoms. The molecule has 0 heterocycles. The number of benzene rings is 2. The topological polar surface area (TPSA) is 0 Å². The van der Waals surface area contributed by atoms with Gasteiger partial charge in [0.2, 0.25) is 0 Å². The molecule has 0 fully saturated rings. The Morgan fingerprint density at radius 3 is 2.50 bits per heavy atom. The van der Waals surface area contributed by atoms with Gasteiger partial charge in [-0.1, -0.05) is 43.7 Å². The lowest BCUT2D eigenvalue weighted by atomic mass is 9.93. The van der Waals surface area contributed by atoms with Crippen molar-refractivity contribution >= 4 is 10.8 Å². The van der Waals surface area contributed by atoms with Crippen LogP contribution in [0.4, 0.5) is 0 Å². The Morgan fingerprint density at radius 1 is 1.00 bits per heavy atom. The van der Waals surface area contributed by atoms with E-state index in [0.717, 1.165) is 0 Å². The summed E-state index contributed by atoms with van der Waals surface area (Å²) in [5.74, 6) is 0. The number of fused-ring (bicyclic) bond motifs is 1. The molecule has 0 aliphatic rings. The highest BCUT2D eigenvalue weighted by atomic mass is 14.1. The average Bonchev–Trinajstić information content (AvgIpc) is 2.32. The Labute approximate surface area is 98.3 Å². The molecule has 0 nitrogen and oxygen atoms in total. The van der Waals surface area contributed by atoms with E-state index in [9.17, 15) is 0 Å². The molecule has 2 rings (SSSR count). The predicted octanol–water partition coefficient (Wildman–Crippen LogP) is 4.80. The van der Waals surface area contributed by atoms with E-state index in [1.807, 2.05) is 0 Å². The monoisotopic (exact) mass is 212 g/mol. The SMILES string of the molecule is CCCCc1cc2ccccc2c(C)c1C. The van der Waals surface area contributed by atoms with Crippen LogP contribution in [-0.2, 0) is 6.42 Å². The van der Waals surface area contributed by atoms with Crippen molar-refractivity contribution < 1.29 is 0 Å². The van der Waals surface area contributed by atoms with Gasteiger partial charge in [-0.3, -0.25) is 0 Å². The molecule has 0 aromatic heterocycles. The molecular formula is C16H20. The van der Waals surface area contributed by atoms with Crippen LogP contribution in [-0.4, -0.2) is 0 Å². The fourth-order valence-electron chi connectivity index (χ4n) is 2.33. The second kappa shape index (κ2) is 4.69. The van der Waals surface area contributed by atoms with Gasteiger partial charge in [-0.05, 0) is 54.2 Å². The van der Waals surface area contributed by atoms with E-state index in [4.69, 9.17) is 0 Å². The molecule has 0 saturated carbocycles. The highest BCUT2D eigenvalue weighted by molar-refractivity contribution is 5.87. The number of hydrogen-bond donors (Lipinski definition) is 0. The van der Waals surface area contributed by atoms with Crippen molar-refractivity contribution in [3.8, 4) is 0 Å². The molecule has 84 valence electrons. The fraction of sp³-hybridized carbons (Fsp3) is 0.375. The first kappa shape index (κ1) is 11.2. The van der Waals surface area contributed by atoms with E-state index in [0.29, 0.717) is 0 Å². The summed E-state index contributed by atoms with van der Waals surface area (Å²) in [6.07, 6.45) is 3.78. The number of rotatable bonds is 3. The maximum Gasteiger partial charge on any atom is -0.0152 e. The molecule has 2 aromatic rings.